The summed E-state index contributed by atoms with van der Waals surface area (Å²) in [5, 5.41) is 0.614. The Hall–Kier alpha value is -1.96. The molecule has 0 spiro atoms. The van der Waals surface area contributed by atoms with Crippen LogP contribution in [0.3, 0.4) is 0 Å². The molecule has 0 atom stereocenters. The topological polar surface area (TPSA) is 57.7 Å². The van der Waals surface area contributed by atoms with Crippen LogP contribution in [0.4, 0.5) is 4.39 Å². The fourth-order valence-electron chi connectivity index (χ4n) is 3.03. The van der Waals surface area contributed by atoms with Crippen LogP contribution in [0.2, 0.25) is 5.02 Å². The maximum atomic E-state index is 13.1. The Morgan fingerprint density at radius 3 is 2.30 bits per heavy atom. The van der Waals surface area contributed by atoms with Crippen molar-refractivity contribution < 1.29 is 17.6 Å². The van der Waals surface area contributed by atoms with Crippen molar-refractivity contribution in [2.45, 2.75) is 17.7 Å². The molecule has 0 N–H and O–H groups in total. The number of halogens is 2. The van der Waals surface area contributed by atoms with E-state index in [2.05, 4.69) is 0 Å². The first-order valence-electron chi connectivity index (χ1n) is 8.64. The van der Waals surface area contributed by atoms with E-state index in [0.29, 0.717) is 31.1 Å². The van der Waals surface area contributed by atoms with Gasteiger partial charge in [0.1, 0.15) is 5.82 Å². The number of carbonyl (C=O) groups is 1. The molecule has 8 heteroatoms. The summed E-state index contributed by atoms with van der Waals surface area (Å²) in [5.41, 5.74) is 0.865. The number of hydrogen-bond donors (Lipinski definition) is 0. The van der Waals surface area contributed by atoms with Crippen molar-refractivity contribution in [3.63, 3.8) is 0 Å². The zero-order valence-corrected chi connectivity index (χ0v) is 16.2. The molecule has 0 bridgehead atoms. The quantitative estimate of drug-likeness (QED) is 0.778. The predicted octanol–water partition coefficient (Wildman–Crippen LogP) is 2.94. The monoisotopic (exact) mass is 410 g/mol. The Morgan fingerprint density at radius 2 is 1.63 bits per heavy atom. The molecule has 2 aromatic carbocycles. The molecule has 0 unspecified atom stereocenters. The van der Waals surface area contributed by atoms with Gasteiger partial charge in [0, 0.05) is 31.2 Å². The van der Waals surface area contributed by atoms with Gasteiger partial charge in [-0.15, -0.1) is 0 Å². The summed E-state index contributed by atoms with van der Waals surface area (Å²) in [6, 6.07) is 11.9. The third-order valence-electron chi connectivity index (χ3n) is 4.53. The molecule has 1 aliphatic heterocycles. The summed E-state index contributed by atoms with van der Waals surface area (Å²) in [4.78, 5) is 14.3. The molecule has 0 aliphatic carbocycles. The van der Waals surface area contributed by atoms with E-state index in [4.69, 9.17) is 11.6 Å². The number of sulfonamides is 1. The Bertz CT molecular complexity index is 902. The lowest BCUT2D eigenvalue weighted by atomic mass is 10.1. The lowest BCUT2D eigenvalue weighted by Gasteiger charge is -2.22. The molecule has 0 aromatic heterocycles. The fourth-order valence-corrected chi connectivity index (χ4v) is 4.62. The molecule has 1 amide bonds. The number of amides is 1. The van der Waals surface area contributed by atoms with Gasteiger partial charge in [0.15, 0.2) is 0 Å². The Labute approximate surface area is 163 Å². The normalized spacial score (nSPS) is 16.1. The highest BCUT2D eigenvalue weighted by molar-refractivity contribution is 7.89. The van der Waals surface area contributed by atoms with E-state index in [1.807, 2.05) is 12.1 Å². The highest BCUT2D eigenvalue weighted by Crippen LogP contribution is 2.19. The van der Waals surface area contributed by atoms with E-state index in [1.165, 1.54) is 16.4 Å². The van der Waals surface area contributed by atoms with Crippen molar-refractivity contribution >= 4 is 27.5 Å². The maximum Gasteiger partial charge on any atom is 0.243 e. The summed E-state index contributed by atoms with van der Waals surface area (Å²) in [5.74, 6) is -0.526. The molecular formula is C19H20ClFN2O3S. The molecular weight excluding hydrogens is 391 g/mol. The highest BCUT2D eigenvalue weighted by Gasteiger charge is 2.28. The van der Waals surface area contributed by atoms with Crippen molar-refractivity contribution in [3.05, 3.63) is 64.9 Å². The van der Waals surface area contributed by atoms with Gasteiger partial charge in [-0.3, -0.25) is 4.79 Å². The van der Waals surface area contributed by atoms with Crippen LogP contribution in [0.25, 0.3) is 0 Å². The van der Waals surface area contributed by atoms with Gasteiger partial charge in [0.2, 0.25) is 15.9 Å². The Morgan fingerprint density at radius 1 is 0.963 bits per heavy atom. The first-order chi connectivity index (χ1) is 12.9. The molecule has 2 aromatic rings. The average Bonchev–Trinajstić information content (AvgIpc) is 2.91. The van der Waals surface area contributed by atoms with E-state index in [9.17, 15) is 17.6 Å². The van der Waals surface area contributed by atoms with Crippen molar-refractivity contribution in [2.24, 2.45) is 0 Å². The Balaban J connectivity index is 1.65. The molecule has 1 aliphatic rings. The Kier molecular flexibility index (Phi) is 6.14. The van der Waals surface area contributed by atoms with Gasteiger partial charge >= 0.3 is 0 Å². The largest absolute Gasteiger partial charge is 0.341 e. The second-order valence-electron chi connectivity index (χ2n) is 6.40. The van der Waals surface area contributed by atoms with E-state index < -0.39 is 15.8 Å². The van der Waals surface area contributed by atoms with Gasteiger partial charge in [0.05, 0.1) is 11.3 Å². The molecule has 0 saturated carbocycles. The maximum absolute atomic E-state index is 13.1. The fraction of sp³-hybridized carbons (Fsp3) is 0.316. The standard InChI is InChI=1S/C19H20ClFN2O3S/c20-16-4-2-15(3-5-16)14-19(24)22-10-1-11-23(13-12-22)27(25,26)18-8-6-17(21)7-9-18/h2-9H,1,10-14H2. The molecule has 27 heavy (non-hydrogen) atoms. The summed E-state index contributed by atoms with van der Waals surface area (Å²) in [6.45, 7) is 1.37. The van der Waals surface area contributed by atoms with Crippen molar-refractivity contribution in [1.29, 1.82) is 0 Å². The first-order valence-corrected chi connectivity index (χ1v) is 10.5. The van der Waals surface area contributed by atoms with Gasteiger partial charge in [-0.05, 0) is 48.4 Å². The molecule has 3 rings (SSSR count). The zero-order chi connectivity index (χ0) is 19.4. The van der Waals surface area contributed by atoms with E-state index in [0.717, 1.165) is 17.7 Å². The van der Waals surface area contributed by atoms with E-state index in [-0.39, 0.29) is 23.8 Å². The summed E-state index contributed by atoms with van der Waals surface area (Å²) in [7, 11) is -3.70. The van der Waals surface area contributed by atoms with Crippen LogP contribution in [0, 0.1) is 5.82 Å². The average molecular weight is 411 g/mol. The minimum Gasteiger partial charge on any atom is -0.341 e. The molecule has 1 fully saturated rings. The van der Waals surface area contributed by atoms with E-state index >= 15 is 0 Å². The van der Waals surface area contributed by atoms with Crippen LogP contribution in [0.15, 0.2) is 53.4 Å². The lowest BCUT2D eigenvalue weighted by Crippen LogP contribution is -2.38. The van der Waals surface area contributed by atoms with Crippen LogP contribution >= 0.6 is 11.6 Å². The second kappa shape index (κ2) is 8.37. The van der Waals surface area contributed by atoms with Crippen molar-refractivity contribution in [1.82, 2.24) is 9.21 Å². The molecule has 0 radical (unpaired) electrons. The second-order valence-corrected chi connectivity index (χ2v) is 8.77. The van der Waals surface area contributed by atoms with E-state index in [1.54, 1.807) is 17.0 Å². The molecule has 144 valence electrons. The SMILES string of the molecule is O=C(Cc1ccc(Cl)cc1)N1CCCN(S(=O)(=O)c2ccc(F)cc2)CC1. The van der Waals surface area contributed by atoms with Crippen LogP contribution in [0.1, 0.15) is 12.0 Å². The van der Waals surface area contributed by atoms with Crippen LogP contribution < -0.4 is 0 Å². The number of rotatable bonds is 4. The zero-order valence-electron chi connectivity index (χ0n) is 14.6. The van der Waals surface area contributed by atoms with Gasteiger partial charge in [-0.25, -0.2) is 12.8 Å². The third-order valence-corrected chi connectivity index (χ3v) is 6.69. The molecule has 1 heterocycles. The molecule has 5 nitrogen and oxygen atoms in total. The lowest BCUT2D eigenvalue weighted by molar-refractivity contribution is -0.130. The number of nitrogens with zero attached hydrogens (tertiary/aromatic N) is 2. The van der Waals surface area contributed by atoms with Gasteiger partial charge in [0.25, 0.3) is 0 Å². The van der Waals surface area contributed by atoms with Crippen molar-refractivity contribution in [3.8, 4) is 0 Å². The van der Waals surface area contributed by atoms with Crippen LogP contribution in [-0.4, -0.2) is 49.7 Å². The number of hydrogen-bond acceptors (Lipinski definition) is 3. The smallest absolute Gasteiger partial charge is 0.243 e. The number of carbonyl (C=O) groups excluding carboxylic acids is 1. The summed E-state index contributed by atoms with van der Waals surface area (Å²) < 4.78 is 39.9. The predicted molar refractivity (Wildman–Crippen MR) is 102 cm³/mol. The number of benzene rings is 2. The van der Waals surface area contributed by atoms with Gasteiger partial charge < -0.3 is 4.90 Å². The highest BCUT2D eigenvalue weighted by atomic mass is 35.5. The third kappa shape index (κ3) is 4.86. The molecule has 1 saturated heterocycles. The van der Waals surface area contributed by atoms with Crippen LogP contribution in [-0.2, 0) is 21.2 Å². The minimum atomic E-state index is -3.70. The minimum absolute atomic E-state index is 0.0432. The first kappa shape index (κ1) is 19.8. The summed E-state index contributed by atoms with van der Waals surface area (Å²) in [6.07, 6.45) is 0.800. The van der Waals surface area contributed by atoms with Crippen LogP contribution in [0.5, 0.6) is 0 Å². The van der Waals surface area contributed by atoms with Crippen molar-refractivity contribution in [2.75, 3.05) is 26.2 Å². The van der Waals surface area contributed by atoms with Gasteiger partial charge in [-0.2, -0.15) is 4.31 Å². The summed E-state index contributed by atoms with van der Waals surface area (Å²) >= 11 is 5.86. The van der Waals surface area contributed by atoms with Gasteiger partial charge in [-0.1, -0.05) is 23.7 Å².